The summed E-state index contributed by atoms with van der Waals surface area (Å²) < 4.78 is 5.00. The summed E-state index contributed by atoms with van der Waals surface area (Å²) in [6.07, 6.45) is 0. The second kappa shape index (κ2) is 5.24. The topological polar surface area (TPSA) is 65.3 Å². The number of nitrogens with zero attached hydrogens (tertiary/aromatic N) is 2. The lowest BCUT2D eigenvalue weighted by Crippen LogP contribution is -1.92. The third-order valence-electron chi connectivity index (χ3n) is 2.52. The van der Waals surface area contributed by atoms with Gasteiger partial charge in [0.1, 0.15) is 5.01 Å². The van der Waals surface area contributed by atoms with Crippen molar-refractivity contribution in [2.24, 2.45) is 0 Å². The molecular weight excluding hydrogens is 252 g/mol. The van der Waals surface area contributed by atoms with Crippen molar-refractivity contribution < 1.29 is 9.66 Å². The first kappa shape index (κ1) is 12.7. The zero-order valence-corrected chi connectivity index (χ0v) is 10.9. The fourth-order valence-corrected chi connectivity index (χ4v) is 2.37. The summed E-state index contributed by atoms with van der Waals surface area (Å²) >= 11 is 1.48. The third-order valence-corrected chi connectivity index (χ3v) is 3.34. The van der Waals surface area contributed by atoms with Crippen LogP contribution in [0.3, 0.4) is 0 Å². The Hall–Kier alpha value is -1.79. The molecule has 2 aromatic rings. The first-order valence-electron chi connectivity index (χ1n) is 5.30. The van der Waals surface area contributed by atoms with E-state index in [0.717, 1.165) is 16.3 Å². The van der Waals surface area contributed by atoms with Gasteiger partial charge in [0, 0.05) is 29.7 Å². The zero-order valence-electron chi connectivity index (χ0n) is 10.0. The molecule has 94 valence electrons. The lowest BCUT2D eigenvalue weighted by atomic mass is 10.1. The fraction of sp³-hybridized carbons (Fsp3) is 0.250. The van der Waals surface area contributed by atoms with Crippen LogP contribution in [0.25, 0.3) is 11.3 Å². The Balaban J connectivity index is 2.38. The van der Waals surface area contributed by atoms with E-state index in [-0.39, 0.29) is 10.6 Å². The van der Waals surface area contributed by atoms with Crippen molar-refractivity contribution in [3.63, 3.8) is 0 Å². The predicted molar refractivity (Wildman–Crippen MR) is 69.7 cm³/mol. The van der Waals surface area contributed by atoms with Crippen LogP contribution < -0.4 is 0 Å². The molecule has 2 rings (SSSR count). The van der Waals surface area contributed by atoms with Crippen LogP contribution >= 0.6 is 11.3 Å². The number of aromatic nitrogens is 1. The maximum atomic E-state index is 10.9. The standard InChI is InChI=1S/C12H12N2O3S/c1-8-3-4-9(5-11(8)14(15)16)10-7-18-12(13-10)6-17-2/h3-5,7H,6H2,1-2H3. The average molecular weight is 264 g/mol. The normalized spacial score (nSPS) is 10.6. The summed E-state index contributed by atoms with van der Waals surface area (Å²) in [5, 5.41) is 13.6. The number of thiazole rings is 1. The molecule has 0 aliphatic heterocycles. The molecule has 5 nitrogen and oxygen atoms in total. The second-order valence-corrected chi connectivity index (χ2v) is 4.76. The molecule has 1 heterocycles. The summed E-state index contributed by atoms with van der Waals surface area (Å²) in [6, 6.07) is 5.14. The minimum absolute atomic E-state index is 0.119. The van der Waals surface area contributed by atoms with Gasteiger partial charge in [-0.3, -0.25) is 10.1 Å². The largest absolute Gasteiger partial charge is 0.378 e. The van der Waals surface area contributed by atoms with Crippen LogP contribution in [-0.4, -0.2) is 17.0 Å². The van der Waals surface area contributed by atoms with Crippen LogP contribution in [0.5, 0.6) is 0 Å². The number of nitro benzene ring substituents is 1. The highest BCUT2D eigenvalue weighted by atomic mass is 32.1. The van der Waals surface area contributed by atoms with E-state index in [0.29, 0.717) is 12.2 Å². The highest BCUT2D eigenvalue weighted by Crippen LogP contribution is 2.27. The number of methoxy groups -OCH3 is 1. The van der Waals surface area contributed by atoms with Crippen LogP contribution in [0.1, 0.15) is 10.6 Å². The summed E-state index contributed by atoms with van der Waals surface area (Å²) in [5.74, 6) is 0. The number of benzene rings is 1. The smallest absolute Gasteiger partial charge is 0.272 e. The average Bonchev–Trinajstić information content (AvgIpc) is 2.78. The number of ether oxygens (including phenoxy) is 1. The van der Waals surface area contributed by atoms with Crippen molar-refractivity contribution in [2.45, 2.75) is 13.5 Å². The van der Waals surface area contributed by atoms with Gasteiger partial charge in [-0.15, -0.1) is 11.3 Å². The van der Waals surface area contributed by atoms with Crippen molar-refractivity contribution in [2.75, 3.05) is 7.11 Å². The molecule has 0 fully saturated rings. The monoisotopic (exact) mass is 264 g/mol. The van der Waals surface area contributed by atoms with Gasteiger partial charge in [0.25, 0.3) is 5.69 Å². The van der Waals surface area contributed by atoms with E-state index in [1.807, 2.05) is 11.4 Å². The van der Waals surface area contributed by atoms with E-state index < -0.39 is 0 Å². The summed E-state index contributed by atoms with van der Waals surface area (Å²) in [7, 11) is 1.61. The van der Waals surface area contributed by atoms with Gasteiger partial charge in [-0.05, 0) is 6.92 Å². The molecule has 0 aliphatic carbocycles. The van der Waals surface area contributed by atoms with Gasteiger partial charge in [-0.1, -0.05) is 12.1 Å². The number of rotatable bonds is 4. The highest BCUT2D eigenvalue weighted by Gasteiger charge is 2.13. The van der Waals surface area contributed by atoms with E-state index in [1.54, 1.807) is 26.2 Å². The molecule has 18 heavy (non-hydrogen) atoms. The van der Waals surface area contributed by atoms with Gasteiger partial charge >= 0.3 is 0 Å². The number of nitro groups is 1. The SMILES string of the molecule is COCc1nc(-c2ccc(C)c([N+](=O)[O-])c2)cs1. The van der Waals surface area contributed by atoms with E-state index in [4.69, 9.17) is 4.74 Å². The lowest BCUT2D eigenvalue weighted by molar-refractivity contribution is -0.385. The first-order chi connectivity index (χ1) is 8.61. The van der Waals surface area contributed by atoms with E-state index >= 15 is 0 Å². The Morgan fingerprint density at radius 3 is 2.94 bits per heavy atom. The Bertz CT molecular complexity index is 580. The predicted octanol–water partition coefficient (Wildman–Crippen LogP) is 3.17. The zero-order chi connectivity index (χ0) is 13.1. The molecule has 0 aliphatic rings. The molecule has 0 bridgehead atoms. The Labute approximate surface area is 108 Å². The number of hydrogen-bond donors (Lipinski definition) is 0. The van der Waals surface area contributed by atoms with Crippen LogP contribution in [0.15, 0.2) is 23.6 Å². The van der Waals surface area contributed by atoms with E-state index in [2.05, 4.69) is 4.98 Å². The molecule has 0 atom stereocenters. The molecule has 0 amide bonds. The fourth-order valence-electron chi connectivity index (χ4n) is 1.60. The molecule has 1 aromatic heterocycles. The Morgan fingerprint density at radius 1 is 1.50 bits per heavy atom. The number of aryl methyl sites for hydroxylation is 1. The first-order valence-corrected chi connectivity index (χ1v) is 6.18. The minimum atomic E-state index is -0.374. The maximum absolute atomic E-state index is 10.9. The molecule has 0 saturated heterocycles. The Morgan fingerprint density at radius 2 is 2.28 bits per heavy atom. The van der Waals surface area contributed by atoms with Crippen molar-refractivity contribution in [1.82, 2.24) is 4.98 Å². The van der Waals surface area contributed by atoms with E-state index in [9.17, 15) is 10.1 Å². The van der Waals surface area contributed by atoms with E-state index in [1.165, 1.54) is 11.3 Å². The maximum Gasteiger partial charge on any atom is 0.272 e. The summed E-state index contributed by atoms with van der Waals surface area (Å²) in [6.45, 7) is 2.18. The minimum Gasteiger partial charge on any atom is -0.378 e. The summed E-state index contributed by atoms with van der Waals surface area (Å²) in [5.41, 5.74) is 2.27. The van der Waals surface area contributed by atoms with Crippen molar-refractivity contribution in [1.29, 1.82) is 0 Å². The Kier molecular flexibility index (Phi) is 3.69. The quantitative estimate of drug-likeness (QED) is 0.628. The van der Waals surface area contributed by atoms with Gasteiger partial charge in [-0.25, -0.2) is 4.98 Å². The van der Waals surface area contributed by atoms with Crippen LogP contribution in [0.4, 0.5) is 5.69 Å². The van der Waals surface area contributed by atoms with Crippen LogP contribution in [-0.2, 0) is 11.3 Å². The van der Waals surface area contributed by atoms with Crippen molar-refractivity contribution >= 4 is 17.0 Å². The molecule has 0 N–H and O–H groups in total. The molecule has 0 saturated carbocycles. The van der Waals surface area contributed by atoms with Gasteiger partial charge in [0.15, 0.2) is 0 Å². The molecule has 0 spiro atoms. The molecule has 0 unspecified atom stereocenters. The molecule has 1 aromatic carbocycles. The highest BCUT2D eigenvalue weighted by molar-refractivity contribution is 7.09. The lowest BCUT2D eigenvalue weighted by Gasteiger charge is -2.00. The molecule has 6 heteroatoms. The number of hydrogen-bond acceptors (Lipinski definition) is 5. The van der Waals surface area contributed by atoms with Gasteiger partial charge < -0.3 is 4.74 Å². The van der Waals surface area contributed by atoms with Crippen molar-refractivity contribution in [3.05, 3.63) is 44.3 Å². The van der Waals surface area contributed by atoms with Gasteiger partial charge in [-0.2, -0.15) is 0 Å². The van der Waals surface area contributed by atoms with Gasteiger partial charge in [0.05, 0.1) is 17.2 Å². The van der Waals surface area contributed by atoms with Crippen LogP contribution in [0, 0.1) is 17.0 Å². The van der Waals surface area contributed by atoms with Crippen LogP contribution in [0.2, 0.25) is 0 Å². The molecule has 0 radical (unpaired) electrons. The second-order valence-electron chi connectivity index (χ2n) is 3.82. The molecular formula is C12H12N2O3S. The summed E-state index contributed by atoms with van der Waals surface area (Å²) in [4.78, 5) is 14.9. The van der Waals surface area contributed by atoms with Gasteiger partial charge in [0.2, 0.25) is 0 Å². The third kappa shape index (κ3) is 2.55. The van der Waals surface area contributed by atoms with Crippen molar-refractivity contribution in [3.8, 4) is 11.3 Å².